The van der Waals surface area contributed by atoms with Crippen LogP contribution in [0.2, 0.25) is 0 Å². The van der Waals surface area contributed by atoms with E-state index in [-0.39, 0.29) is 37.0 Å². The number of pyridine rings is 1. The number of rotatable bonds is 13. The first-order chi connectivity index (χ1) is 21.3. The Labute approximate surface area is 254 Å². The lowest BCUT2D eigenvalue weighted by atomic mass is 10.1. The number of hydrogen-bond donors (Lipinski definition) is 3. The summed E-state index contributed by atoms with van der Waals surface area (Å²) in [6.45, 7) is 3.22. The van der Waals surface area contributed by atoms with Crippen molar-refractivity contribution in [1.29, 1.82) is 0 Å². The van der Waals surface area contributed by atoms with Gasteiger partial charge in [-0.05, 0) is 53.6 Å². The Morgan fingerprint density at radius 1 is 0.841 bits per heavy atom. The number of aromatic nitrogens is 1. The summed E-state index contributed by atoms with van der Waals surface area (Å²) in [5.74, 6) is -1.31. The predicted molar refractivity (Wildman–Crippen MR) is 164 cm³/mol. The van der Waals surface area contributed by atoms with E-state index in [1.165, 1.54) is 4.90 Å². The van der Waals surface area contributed by atoms with Crippen molar-refractivity contribution in [1.82, 2.24) is 25.8 Å². The molecule has 1 atom stereocenters. The predicted octanol–water partition coefficient (Wildman–Crippen LogP) is 3.42. The van der Waals surface area contributed by atoms with Crippen LogP contribution in [0.15, 0.2) is 79.0 Å². The first-order valence-corrected chi connectivity index (χ1v) is 14.5. The normalized spacial score (nSPS) is 13.1. The van der Waals surface area contributed by atoms with Crippen LogP contribution in [-0.4, -0.2) is 46.0 Å². The maximum absolute atomic E-state index is 13.0. The molecule has 1 aromatic heterocycles. The molecule has 4 aromatic rings. The van der Waals surface area contributed by atoms with Crippen LogP contribution in [0.1, 0.15) is 62.9 Å². The molecule has 10 nitrogen and oxygen atoms in total. The van der Waals surface area contributed by atoms with Crippen molar-refractivity contribution >= 4 is 40.8 Å². The molecule has 1 aliphatic rings. The van der Waals surface area contributed by atoms with Crippen molar-refractivity contribution in [3.05, 3.63) is 113 Å². The number of benzene rings is 3. The Morgan fingerprint density at radius 2 is 1.52 bits per heavy atom. The summed E-state index contributed by atoms with van der Waals surface area (Å²) in [6.07, 6.45) is 2.54. The summed E-state index contributed by atoms with van der Waals surface area (Å²) in [7, 11) is 0. The topological polar surface area (TPSA) is 138 Å². The van der Waals surface area contributed by atoms with Crippen LogP contribution in [-0.2, 0) is 40.4 Å². The molecule has 0 spiro atoms. The first-order valence-electron chi connectivity index (χ1n) is 14.5. The minimum absolute atomic E-state index is 0.0295. The van der Waals surface area contributed by atoms with E-state index < -0.39 is 11.9 Å². The van der Waals surface area contributed by atoms with E-state index in [0.717, 1.165) is 33.2 Å². The zero-order chi connectivity index (χ0) is 31.1. The van der Waals surface area contributed by atoms with E-state index in [1.54, 1.807) is 25.3 Å². The van der Waals surface area contributed by atoms with Crippen molar-refractivity contribution in [3.63, 3.8) is 0 Å². The molecule has 0 saturated heterocycles. The molecular weight excluding hydrogens is 558 g/mol. The zero-order valence-corrected chi connectivity index (χ0v) is 24.3. The first kappa shape index (κ1) is 30.2. The lowest BCUT2D eigenvalue weighted by molar-refractivity contribution is -0.125. The molecule has 3 N–H and O–H groups in total. The van der Waals surface area contributed by atoms with Gasteiger partial charge in [-0.2, -0.15) is 0 Å². The molecule has 0 saturated carbocycles. The molecule has 0 bridgehead atoms. The third kappa shape index (κ3) is 7.04. The van der Waals surface area contributed by atoms with E-state index in [2.05, 4.69) is 20.9 Å². The van der Waals surface area contributed by atoms with Crippen LogP contribution in [0, 0.1) is 0 Å². The summed E-state index contributed by atoms with van der Waals surface area (Å²) < 4.78 is 0. The maximum atomic E-state index is 13.0. The SMILES string of the molecule is CC(CCC(=O)NC=O)N1C(=O)c2ccc(CNCc3ccc(CNC(=O)Cc4nccc5ccccc45)cc3)cc2C1=O. The lowest BCUT2D eigenvalue weighted by Gasteiger charge is -2.22. The largest absolute Gasteiger partial charge is 0.352 e. The lowest BCUT2D eigenvalue weighted by Crippen LogP contribution is -2.38. The molecule has 0 radical (unpaired) electrons. The fourth-order valence-corrected chi connectivity index (χ4v) is 5.29. The van der Waals surface area contributed by atoms with Crippen LogP contribution >= 0.6 is 0 Å². The second-order valence-corrected chi connectivity index (χ2v) is 10.8. The molecule has 1 unspecified atom stereocenters. The van der Waals surface area contributed by atoms with Gasteiger partial charge in [-0.1, -0.05) is 54.6 Å². The smallest absolute Gasteiger partial charge is 0.261 e. The average molecular weight is 592 g/mol. The Bertz CT molecular complexity index is 1710. The van der Waals surface area contributed by atoms with Gasteiger partial charge in [0.2, 0.25) is 18.2 Å². The highest BCUT2D eigenvalue weighted by molar-refractivity contribution is 6.21. The van der Waals surface area contributed by atoms with Gasteiger partial charge in [0.1, 0.15) is 0 Å². The highest BCUT2D eigenvalue weighted by atomic mass is 16.2. The van der Waals surface area contributed by atoms with Crippen molar-refractivity contribution in [2.24, 2.45) is 0 Å². The number of fused-ring (bicyclic) bond motifs is 2. The second kappa shape index (κ2) is 13.8. The fraction of sp³-hybridized carbons (Fsp3) is 0.235. The van der Waals surface area contributed by atoms with Crippen LogP contribution in [0.4, 0.5) is 0 Å². The molecule has 3 aromatic carbocycles. The summed E-state index contributed by atoms with van der Waals surface area (Å²) in [5, 5.41) is 10.4. The van der Waals surface area contributed by atoms with E-state index in [1.807, 2.05) is 60.7 Å². The average Bonchev–Trinajstić information content (AvgIpc) is 3.28. The summed E-state index contributed by atoms with van der Waals surface area (Å²) in [5.41, 5.74) is 4.36. The number of carbonyl (C=O) groups is 5. The molecule has 224 valence electrons. The fourth-order valence-electron chi connectivity index (χ4n) is 5.29. The highest BCUT2D eigenvalue weighted by Gasteiger charge is 2.38. The Hall–Kier alpha value is -5.22. The zero-order valence-electron chi connectivity index (χ0n) is 24.3. The van der Waals surface area contributed by atoms with Gasteiger partial charge < -0.3 is 10.6 Å². The van der Waals surface area contributed by atoms with Gasteiger partial charge in [-0.3, -0.25) is 39.2 Å². The van der Waals surface area contributed by atoms with Gasteiger partial charge in [0.25, 0.3) is 11.8 Å². The molecule has 44 heavy (non-hydrogen) atoms. The number of hydrogen-bond acceptors (Lipinski definition) is 7. The molecule has 5 rings (SSSR count). The number of imide groups is 2. The van der Waals surface area contributed by atoms with Crippen molar-refractivity contribution < 1.29 is 24.0 Å². The van der Waals surface area contributed by atoms with Crippen LogP contribution < -0.4 is 16.0 Å². The Kier molecular flexibility index (Phi) is 9.51. The van der Waals surface area contributed by atoms with E-state index in [4.69, 9.17) is 0 Å². The molecule has 1 aliphatic heterocycles. The minimum atomic E-state index is -0.487. The van der Waals surface area contributed by atoms with Crippen LogP contribution in [0.3, 0.4) is 0 Å². The Balaban J connectivity index is 1.09. The minimum Gasteiger partial charge on any atom is -0.352 e. The monoisotopic (exact) mass is 591 g/mol. The van der Waals surface area contributed by atoms with Crippen LogP contribution in [0.25, 0.3) is 10.8 Å². The summed E-state index contributed by atoms with van der Waals surface area (Å²) >= 11 is 0. The Morgan fingerprint density at radius 3 is 2.30 bits per heavy atom. The highest BCUT2D eigenvalue weighted by Crippen LogP contribution is 2.27. The van der Waals surface area contributed by atoms with Gasteiger partial charge in [0.05, 0.1) is 23.2 Å². The molecular formula is C34H33N5O5. The molecule has 0 aliphatic carbocycles. The van der Waals surface area contributed by atoms with Crippen molar-refractivity contribution in [2.75, 3.05) is 0 Å². The molecule has 5 amide bonds. The maximum Gasteiger partial charge on any atom is 0.261 e. The number of nitrogens with one attached hydrogen (secondary N) is 3. The molecule has 2 heterocycles. The number of nitrogens with zero attached hydrogens (tertiary/aromatic N) is 2. The summed E-state index contributed by atoms with van der Waals surface area (Å²) in [4.78, 5) is 66.1. The van der Waals surface area contributed by atoms with Gasteiger partial charge in [0.15, 0.2) is 0 Å². The quantitative estimate of drug-likeness (QED) is 0.160. The van der Waals surface area contributed by atoms with Crippen LogP contribution in [0.5, 0.6) is 0 Å². The van der Waals surface area contributed by atoms with Crippen molar-refractivity contribution in [3.8, 4) is 0 Å². The van der Waals surface area contributed by atoms with E-state index >= 15 is 0 Å². The standard InChI is InChI=1S/C34H33N5O5/c1-22(6-13-31(41)38-21-40)39-33(43)28-12-11-25(16-29(28)34(39)44)19-35-18-23-7-9-24(10-8-23)20-37-32(42)17-30-27-5-3-2-4-26(27)14-15-36-30/h2-5,7-12,14-16,21-22,35H,6,13,17-20H2,1H3,(H,37,42)(H,38,40,41). The molecule has 0 fully saturated rings. The van der Waals surface area contributed by atoms with Gasteiger partial charge in [-0.15, -0.1) is 0 Å². The van der Waals surface area contributed by atoms with E-state index in [9.17, 15) is 24.0 Å². The molecule has 10 heteroatoms. The summed E-state index contributed by atoms with van der Waals surface area (Å²) in [6, 6.07) is 22.5. The van der Waals surface area contributed by atoms with Gasteiger partial charge >= 0.3 is 0 Å². The van der Waals surface area contributed by atoms with Gasteiger partial charge in [-0.25, -0.2) is 0 Å². The van der Waals surface area contributed by atoms with E-state index in [0.29, 0.717) is 37.2 Å². The second-order valence-electron chi connectivity index (χ2n) is 10.8. The third-order valence-corrected chi connectivity index (χ3v) is 7.69. The third-order valence-electron chi connectivity index (χ3n) is 7.69. The van der Waals surface area contributed by atoms with Crippen molar-refractivity contribution in [2.45, 2.75) is 51.9 Å². The van der Waals surface area contributed by atoms with Gasteiger partial charge in [0, 0.05) is 43.7 Å². The number of carbonyl (C=O) groups excluding carboxylic acids is 5. The number of amides is 5.